The van der Waals surface area contributed by atoms with Gasteiger partial charge in [-0.15, -0.1) is 0 Å². The Hall–Kier alpha value is -1.36. The lowest BCUT2D eigenvalue weighted by Gasteiger charge is -2.25. The number of hydrogen-bond donors (Lipinski definition) is 2. The van der Waals surface area contributed by atoms with Crippen LogP contribution in [0.5, 0.6) is 0 Å². The minimum atomic E-state index is 0.142. The van der Waals surface area contributed by atoms with Gasteiger partial charge in [0.25, 0.3) is 0 Å². The molecule has 1 aromatic rings. The van der Waals surface area contributed by atoms with Gasteiger partial charge in [0.2, 0.25) is 0 Å². The van der Waals surface area contributed by atoms with Gasteiger partial charge in [-0.25, -0.2) is 9.97 Å². The van der Waals surface area contributed by atoms with Gasteiger partial charge in [0.05, 0.1) is 6.61 Å². The molecule has 2 N–H and O–H groups in total. The van der Waals surface area contributed by atoms with E-state index in [0.29, 0.717) is 6.54 Å². The fraction of sp³-hybridized carbons (Fsp3) is 0.714. The number of nitrogens with zero attached hydrogens (tertiary/aromatic N) is 3. The standard InChI is InChI=1S/C14H26N4O/c1-5-7-8-18(9-10-19)14-11(3)13(15-4)16-12(6-2)17-14/h19H,5-10H2,1-4H3,(H,15,16,17). The Morgan fingerprint density at radius 2 is 1.95 bits per heavy atom. The molecule has 0 unspecified atom stereocenters. The number of anilines is 2. The highest BCUT2D eigenvalue weighted by Crippen LogP contribution is 2.23. The summed E-state index contributed by atoms with van der Waals surface area (Å²) in [6, 6.07) is 0. The average Bonchev–Trinajstić information content (AvgIpc) is 2.44. The van der Waals surface area contributed by atoms with Crippen molar-refractivity contribution in [1.82, 2.24) is 9.97 Å². The molecule has 0 aromatic carbocycles. The zero-order valence-corrected chi connectivity index (χ0v) is 12.5. The molecule has 1 aromatic heterocycles. The van der Waals surface area contributed by atoms with Crippen molar-refractivity contribution >= 4 is 11.6 Å². The highest BCUT2D eigenvalue weighted by molar-refractivity contribution is 5.58. The smallest absolute Gasteiger partial charge is 0.137 e. The van der Waals surface area contributed by atoms with E-state index in [4.69, 9.17) is 0 Å². The normalized spacial score (nSPS) is 10.6. The van der Waals surface area contributed by atoms with Crippen LogP contribution in [0.4, 0.5) is 11.6 Å². The van der Waals surface area contributed by atoms with Crippen LogP contribution in [0.25, 0.3) is 0 Å². The van der Waals surface area contributed by atoms with Gasteiger partial charge in [-0.3, -0.25) is 0 Å². The zero-order chi connectivity index (χ0) is 14.3. The van der Waals surface area contributed by atoms with Crippen molar-refractivity contribution in [2.75, 3.05) is 37.0 Å². The third-order valence-electron chi connectivity index (χ3n) is 3.17. The number of aliphatic hydroxyl groups is 1. The Morgan fingerprint density at radius 3 is 2.47 bits per heavy atom. The molecule has 5 nitrogen and oxygen atoms in total. The molecule has 0 saturated carbocycles. The first-order valence-corrected chi connectivity index (χ1v) is 7.08. The highest BCUT2D eigenvalue weighted by atomic mass is 16.3. The molecule has 0 amide bonds. The maximum absolute atomic E-state index is 9.24. The SMILES string of the molecule is CCCCN(CCO)c1nc(CC)nc(NC)c1C. The molecule has 0 bridgehead atoms. The van der Waals surface area contributed by atoms with Crippen molar-refractivity contribution < 1.29 is 5.11 Å². The molecular formula is C14H26N4O. The van der Waals surface area contributed by atoms with Crippen molar-refractivity contribution in [1.29, 1.82) is 0 Å². The molecule has 1 heterocycles. The summed E-state index contributed by atoms with van der Waals surface area (Å²) in [6.45, 7) is 7.92. The van der Waals surface area contributed by atoms with Crippen molar-refractivity contribution in [2.24, 2.45) is 0 Å². The minimum Gasteiger partial charge on any atom is -0.395 e. The first-order valence-electron chi connectivity index (χ1n) is 7.08. The van der Waals surface area contributed by atoms with Crippen LogP contribution in [-0.2, 0) is 6.42 Å². The van der Waals surface area contributed by atoms with Crippen LogP contribution in [0.1, 0.15) is 38.1 Å². The van der Waals surface area contributed by atoms with Gasteiger partial charge in [-0.2, -0.15) is 0 Å². The van der Waals surface area contributed by atoms with Crippen molar-refractivity contribution in [2.45, 2.75) is 40.0 Å². The molecular weight excluding hydrogens is 240 g/mol. The van der Waals surface area contributed by atoms with E-state index in [1.54, 1.807) is 0 Å². The van der Waals surface area contributed by atoms with E-state index in [0.717, 1.165) is 48.8 Å². The Balaban J connectivity index is 3.11. The quantitative estimate of drug-likeness (QED) is 0.753. The van der Waals surface area contributed by atoms with Gasteiger partial charge >= 0.3 is 0 Å². The lowest BCUT2D eigenvalue weighted by molar-refractivity contribution is 0.301. The van der Waals surface area contributed by atoms with Gasteiger partial charge in [0.15, 0.2) is 0 Å². The maximum atomic E-state index is 9.24. The van der Waals surface area contributed by atoms with E-state index in [1.807, 2.05) is 14.0 Å². The maximum Gasteiger partial charge on any atom is 0.137 e. The largest absolute Gasteiger partial charge is 0.395 e. The first kappa shape index (κ1) is 15.7. The summed E-state index contributed by atoms with van der Waals surface area (Å²) in [5.74, 6) is 2.66. The Bertz CT molecular complexity index is 395. The van der Waals surface area contributed by atoms with Crippen LogP contribution in [0.2, 0.25) is 0 Å². The molecule has 5 heteroatoms. The summed E-state index contributed by atoms with van der Waals surface area (Å²) < 4.78 is 0. The van der Waals surface area contributed by atoms with Crippen molar-refractivity contribution in [3.8, 4) is 0 Å². The van der Waals surface area contributed by atoms with Crippen LogP contribution >= 0.6 is 0 Å². The lowest BCUT2D eigenvalue weighted by Crippen LogP contribution is -2.30. The number of nitrogens with one attached hydrogen (secondary N) is 1. The predicted octanol–water partition coefficient (Wildman–Crippen LogP) is 1.99. The number of hydrogen-bond acceptors (Lipinski definition) is 5. The van der Waals surface area contributed by atoms with E-state index in [-0.39, 0.29) is 6.61 Å². The van der Waals surface area contributed by atoms with Crippen molar-refractivity contribution in [3.05, 3.63) is 11.4 Å². The first-order chi connectivity index (χ1) is 9.17. The van der Waals surface area contributed by atoms with Crippen LogP contribution < -0.4 is 10.2 Å². The zero-order valence-electron chi connectivity index (χ0n) is 12.5. The van der Waals surface area contributed by atoms with E-state index in [1.165, 1.54) is 0 Å². The molecule has 0 atom stereocenters. The predicted molar refractivity (Wildman–Crippen MR) is 79.9 cm³/mol. The average molecular weight is 266 g/mol. The summed E-state index contributed by atoms with van der Waals surface area (Å²) in [7, 11) is 1.88. The Morgan fingerprint density at radius 1 is 1.21 bits per heavy atom. The van der Waals surface area contributed by atoms with Crippen LogP contribution in [0.15, 0.2) is 0 Å². The Kier molecular flexibility index (Phi) is 6.56. The molecule has 1 rings (SSSR count). The summed E-state index contributed by atoms with van der Waals surface area (Å²) in [4.78, 5) is 11.3. The second kappa shape index (κ2) is 7.94. The van der Waals surface area contributed by atoms with Gasteiger partial charge < -0.3 is 15.3 Å². The van der Waals surface area contributed by atoms with Gasteiger partial charge in [-0.1, -0.05) is 20.3 Å². The number of rotatable bonds is 8. The molecule has 0 aliphatic rings. The fourth-order valence-corrected chi connectivity index (χ4v) is 2.05. The van der Waals surface area contributed by atoms with Crippen molar-refractivity contribution in [3.63, 3.8) is 0 Å². The van der Waals surface area contributed by atoms with E-state index < -0.39 is 0 Å². The summed E-state index contributed by atoms with van der Waals surface area (Å²) in [5.41, 5.74) is 1.05. The minimum absolute atomic E-state index is 0.142. The van der Waals surface area contributed by atoms with Gasteiger partial charge in [-0.05, 0) is 13.3 Å². The van der Waals surface area contributed by atoms with Crippen LogP contribution in [0, 0.1) is 6.92 Å². The molecule has 0 aliphatic heterocycles. The number of unbranched alkanes of at least 4 members (excludes halogenated alkanes) is 1. The summed E-state index contributed by atoms with van der Waals surface area (Å²) >= 11 is 0. The molecule has 0 radical (unpaired) electrons. The lowest BCUT2D eigenvalue weighted by atomic mass is 10.2. The fourth-order valence-electron chi connectivity index (χ4n) is 2.05. The topological polar surface area (TPSA) is 61.3 Å². The molecule has 0 fully saturated rings. The third-order valence-corrected chi connectivity index (χ3v) is 3.17. The number of aliphatic hydroxyl groups excluding tert-OH is 1. The van der Waals surface area contributed by atoms with Gasteiger partial charge in [0, 0.05) is 32.1 Å². The summed E-state index contributed by atoms with van der Waals surface area (Å²) in [6.07, 6.45) is 3.04. The Labute approximate surface area is 116 Å². The molecule has 0 aliphatic carbocycles. The highest BCUT2D eigenvalue weighted by Gasteiger charge is 2.15. The molecule has 108 valence electrons. The second-order valence-corrected chi connectivity index (χ2v) is 4.60. The van der Waals surface area contributed by atoms with Crippen LogP contribution in [0.3, 0.4) is 0 Å². The molecule has 19 heavy (non-hydrogen) atoms. The molecule has 0 saturated heterocycles. The van der Waals surface area contributed by atoms with E-state index in [2.05, 4.69) is 34.0 Å². The van der Waals surface area contributed by atoms with Crippen LogP contribution in [-0.4, -0.2) is 41.8 Å². The number of aromatic nitrogens is 2. The van der Waals surface area contributed by atoms with E-state index >= 15 is 0 Å². The summed E-state index contributed by atoms with van der Waals surface area (Å²) in [5, 5.41) is 12.4. The molecule has 0 spiro atoms. The second-order valence-electron chi connectivity index (χ2n) is 4.60. The monoisotopic (exact) mass is 266 g/mol. The number of aryl methyl sites for hydroxylation is 1. The third kappa shape index (κ3) is 4.06. The van der Waals surface area contributed by atoms with E-state index in [9.17, 15) is 5.11 Å². The van der Waals surface area contributed by atoms with Gasteiger partial charge in [0.1, 0.15) is 17.5 Å².